The van der Waals surface area contributed by atoms with Gasteiger partial charge in [0.15, 0.2) is 0 Å². The zero-order chi connectivity index (χ0) is 19.1. The average Bonchev–Trinajstić information content (AvgIpc) is 3.36. The molecule has 1 saturated heterocycles. The zero-order valence-corrected chi connectivity index (χ0v) is 15.2. The molecule has 0 spiro atoms. The molecule has 0 aliphatic carbocycles. The number of H-pyrrole nitrogens is 1. The Hall–Kier alpha value is -3.26. The van der Waals surface area contributed by atoms with E-state index in [0.717, 1.165) is 42.6 Å². The standard InChI is InChI=1S/C20H20FN7/c21-14-1-2-17-18(8-14)27-20(26-17)16-7-12(9-24-19(16)22)13-10-25-28(11-13)15-3-5-23-6-4-15/h1-2,7-11,15,23H,3-6H2,(H2,22,24)(H,26,27). The van der Waals surface area contributed by atoms with Gasteiger partial charge < -0.3 is 16.0 Å². The van der Waals surface area contributed by atoms with Crippen LogP contribution in [0.2, 0.25) is 0 Å². The Morgan fingerprint density at radius 3 is 2.82 bits per heavy atom. The third kappa shape index (κ3) is 3.01. The van der Waals surface area contributed by atoms with Crippen LogP contribution >= 0.6 is 0 Å². The summed E-state index contributed by atoms with van der Waals surface area (Å²) in [5.41, 5.74) is 9.98. The molecular weight excluding hydrogens is 357 g/mol. The zero-order valence-electron chi connectivity index (χ0n) is 15.2. The number of benzene rings is 1. The number of hydrogen-bond donors (Lipinski definition) is 3. The van der Waals surface area contributed by atoms with Gasteiger partial charge >= 0.3 is 0 Å². The van der Waals surface area contributed by atoms with Crippen LogP contribution in [0.15, 0.2) is 42.9 Å². The van der Waals surface area contributed by atoms with Crippen molar-refractivity contribution in [3.05, 3.63) is 48.7 Å². The van der Waals surface area contributed by atoms with Crippen LogP contribution in [0.5, 0.6) is 0 Å². The van der Waals surface area contributed by atoms with Gasteiger partial charge in [-0.2, -0.15) is 5.10 Å². The number of piperidine rings is 1. The van der Waals surface area contributed by atoms with Gasteiger partial charge in [-0.3, -0.25) is 4.68 Å². The lowest BCUT2D eigenvalue weighted by atomic mass is 10.1. The molecule has 0 amide bonds. The molecule has 142 valence electrons. The second-order valence-corrected chi connectivity index (χ2v) is 7.09. The quantitative estimate of drug-likeness (QED) is 0.510. The fourth-order valence-corrected chi connectivity index (χ4v) is 3.69. The van der Waals surface area contributed by atoms with Crippen LogP contribution in [0, 0.1) is 5.82 Å². The van der Waals surface area contributed by atoms with E-state index < -0.39 is 0 Å². The topological polar surface area (TPSA) is 97.4 Å². The summed E-state index contributed by atoms with van der Waals surface area (Å²) in [6.07, 6.45) is 7.79. The smallest absolute Gasteiger partial charge is 0.142 e. The van der Waals surface area contributed by atoms with E-state index in [4.69, 9.17) is 5.73 Å². The van der Waals surface area contributed by atoms with E-state index in [9.17, 15) is 4.39 Å². The molecule has 3 aromatic heterocycles. The van der Waals surface area contributed by atoms with Crippen LogP contribution in [0.25, 0.3) is 33.5 Å². The fourth-order valence-electron chi connectivity index (χ4n) is 3.69. The first-order valence-electron chi connectivity index (χ1n) is 9.34. The number of nitrogens with two attached hydrogens (primary N) is 1. The third-order valence-corrected chi connectivity index (χ3v) is 5.24. The number of fused-ring (bicyclic) bond motifs is 1. The van der Waals surface area contributed by atoms with Crippen molar-refractivity contribution in [1.29, 1.82) is 0 Å². The summed E-state index contributed by atoms with van der Waals surface area (Å²) >= 11 is 0. The van der Waals surface area contributed by atoms with Crippen molar-refractivity contribution in [3.63, 3.8) is 0 Å². The minimum Gasteiger partial charge on any atom is -0.383 e. The van der Waals surface area contributed by atoms with E-state index in [1.807, 2.05) is 16.9 Å². The summed E-state index contributed by atoms with van der Waals surface area (Å²) < 4.78 is 15.5. The van der Waals surface area contributed by atoms with Crippen molar-refractivity contribution in [2.75, 3.05) is 18.8 Å². The van der Waals surface area contributed by atoms with Crippen LogP contribution in [-0.2, 0) is 0 Å². The first-order chi connectivity index (χ1) is 13.7. The summed E-state index contributed by atoms with van der Waals surface area (Å²) in [6.45, 7) is 2.03. The molecule has 1 aliphatic rings. The first-order valence-corrected chi connectivity index (χ1v) is 9.34. The van der Waals surface area contributed by atoms with Crippen molar-refractivity contribution >= 4 is 16.9 Å². The van der Waals surface area contributed by atoms with Crippen molar-refractivity contribution in [2.24, 2.45) is 0 Å². The predicted molar refractivity (Wildman–Crippen MR) is 106 cm³/mol. The van der Waals surface area contributed by atoms with Gasteiger partial charge in [-0.05, 0) is 44.1 Å². The molecule has 0 bridgehead atoms. The molecule has 0 unspecified atom stereocenters. The van der Waals surface area contributed by atoms with Gasteiger partial charge in [0.1, 0.15) is 17.5 Å². The van der Waals surface area contributed by atoms with Crippen molar-refractivity contribution in [3.8, 4) is 22.5 Å². The summed E-state index contributed by atoms with van der Waals surface area (Å²) in [4.78, 5) is 12.0. The molecule has 7 nitrogen and oxygen atoms in total. The lowest BCUT2D eigenvalue weighted by Gasteiger charge is -2.22. The molecule has 1 aromatic carbocycles. The highest BCUT2D eigenvalue weighted by atomic mass is 19.1. The maximum Gasteiger partial charge on any atom is 0.142 e. The Bertz CT molecular complexity index is 1140. The number of nitrogens with zero attached hydrogens (tertiary/aromatic N) is 4. The monoisotopic (exact) mass is 377 g/mol. The van der Waals surface area contributed by atoms with E-state index in [1.165, 1.54) is 12.1 Å². The number of imidazole rings is 1. The summed E-state index contributed by atoms with van der Waals surface area (Å²) in [5, 5.41) is 7.92. The van der Waals surface area contributed by atoms with Gasteiger partial charge in [-0.1, -0.05) is 0 Å². The van der Waals surface area contributed by atoms with Crippen molar-refractivity contribution < 1.29 is 4.39 Å². The van der Waals surface area contributed by atoms with Gasteiger partial charge in [0.25, 0.3) is 0 Å². The third-order valence-electron chi connectivity index (χ3n) is 5.24. The van der Waals surface area contributed by atoms with E-state index >= 15 is 0 Å². The van der Waals surface area contributed by atoms with Gasteiger partial charge in [-0.25, -0.2) is 14.4 Å². The molecular formula is C20H20FN7. The van der Waals surface area contributed by atoms with Crippen molar-refractivity contribution in [1.82, 2.24) is 30.0 Å². The number of nitrogens with one attached hydrogen (secondary N) is 2. The molecule has 4 N–H and O–H groups in total. The molecule has 0 atom stereocenters. The number of rotatable bonds is 3. The number of anilines is 1. The summed E-state index contributed by atoms with van der Waals surface area (Å²) in [7, 11) is 0. The highest BCUT2D eigenvalue weighted by Crippen LogP contribution is 2.30. The fraction of sp³-hybridized carbons (Fsp3) is 0.250. The number of nitrogen functional groups attached to an aromatic ring is 1. The van der Waals surface area contributed by atoms with E-state index in [2.05, 4.69) is 31.6 Å². The average molecular weight is 377 g/mol. The normalized spacial score (nSPS) is 15.3. The molecule has 0 radical (unpaired) electrons. The summed E-state index contributed by atoms with van der Waals surface area (Å²) in [6, 6.07) is 6.82. The molecule has 8 heteroatoms. The Kier molecular flexibility index (Phi) is 4.05. The van der Waals surface area contributed by atoms with Gasteiger partial charge in [0.2, 0.25) is 0 Å². The van der Waals surface area contributed by atoms with E-state index in [0.29, 0.717) is 28.8 Å². The first kappa shape index (κ1) is 16.9. The van der Waals surface area contributed by atoms with Crippen LogP contribution in [0.3, 0.4) is 0 Å². The number of hydrogen-bond acceptors (Lipinski definition) is 5. The van der Waals surface area contributed by atoms with E-state index in [-0.39, 0.29) is 5.82 Å². The van der Waals surface area contributed by atoms with Crippen molar-refractivity contribution in [2.45, 2.75) is 18.9 Å². The Morgan fingerprint density at radius 2 is 1.96 bits per heavy atom. The molecule has 5 rings (SSSR count). The lowest BCUT2D eigenvalue weighted by molar-refractivity contribution is 0.343. The maximum absolute atomic E-state index is 13.5. The van der Waals surface area contributed by atoms with Crippen LogP contribution < -0.4 is 11.1 Å². The number of halogens is 1. The SMILES string of the molecule is Nc1ncc(-c2cnn(C3CCNCC3)c2)cc1-c1nc2cc(F)ccc2[nH]1. The van der Waals surface area contributed by atoms with Gasteiger partial charge in [-0.15, -0.1) is 0 Å². The Labute approximate surface area is 160 Å². The molecule has 1 aliphatic heterocycles. The summed E-state index contributed by atoms with van der Waals surface area (Å²) in [5.74, 6) is 0.614. The van der Waals surface area contributed by atoms with Gasteiger partial charge in [0.05, 0.1) is 28.8 Å². The molecule has 0 saturated carbocycles. The molecule has 1 fully saturated rings. The molecule has 4 aromatic rings. The largest absolute Gasteiger partial charge is 0.383 e. The second kappa shape index (κ2) is 6.72. The maximum atomic E-state index is 13.5. The predicted octanol–water partition coefficient (Wildman–Crippen LogP) is 3.13. The Morgan fingerprint density at radius 1 is 1.11 bits per heavy atom. The van der Waals surface area contributed by atoms with Gasteiger partial charge in [0, 0.05) is 29.6 Å². The number of pyridine rings is 1. The van der Waals surface area contributed by atoms with E-state index in [1.54, 1.807) is 12.3 Å². The highest BCUT2D eigenvalue weighted by molar-refractivity contribution is 5.83. The lowest BCUT2D eigenvalue weighted by Crippen LogP contribution is -2.29. The van der Waals surface area contributed by atoms with Crippen LogP contribution in [0.1, 0.15) is 18.9 Å². The molecule has 4 heterocycles. The van der Waals surface area contributed by atoms with Crippen LogP contribution in [0.4, 0.5) is 10.2 Å². The second-order valence-electron chi connectivity index (χ2n) is 7.09. The minimum absolute atomic E-state index is 0.323. The Balaban J connectivity index is 1.51. The highest BCUT2D eigenvalue weighted by Gasteiger charge is 2.17. The van der Waals surface area contributed by atoms with Crippen LogP contribution in [-0.4, -0.2) is 37.8 Å². The number of aromatic amines is 1. The number of aromatic nitrogens is 5. The molecule has 28 heavy (non-hydrogen) atoms. The minimum atomic E-state index is -0.323.